The van der Waals surface area contributed by atoms with Gasteiger partial charge in [-0.05, 0) is 24.3 Å². The highest BCUT2D eigenvalue weighted by Gasteiger charge is 2.14. The van der Waals surface area contributed by atoms with Crippen LogP contribution in [0.5, 0.6) is 0 Å². The van der Waals surface area contributed by atoms with Crippen LogP contribution in [-0.4, -0.2) is 32.8 Å². The smallest absolute Gasteiger partial charge is 0.360 e. The number of H-pyrrole nitrogens is 1. The van der Waals surface area contributed by atoms with Crippen LogP contribution in [0.2, 0.25) is 0 Å². The van der Waals surface area contributed by atoms with Gasteiger partial charge < -0.3 is 10.4 Å². The molecule has 0 atom stereocenters. The predicted octanol–water partition coefficient (Wildman–Crippen LogP) is 1.06. The number of nitrogens with zero attached hydrogens (tertiary/aromatic N) is 2. The maximum Gasteiger partial charge on any atom is 0.360 e. The molecule has 0 amide bonds. The first-order valence-electron chi connectivity index (χ1n) is 4.67. The van der Waals surface area contributed by atoms with E-state index in [9.17, 15) is 9.59 Å². The number of carbonyl (C=O) groups is 2. The van der Waals surface area contributed by atoms with E-state index in [0.717, 1.165) is 6.29 Å². The lowest BCUT2D eigenvalue weighted by Gasteiger charge is -2.02. The standard InChI is InChI=1S/C10H8N4O3/c15-5-6-1-3-7(4-2-6)11-9-8(10(16)17)12-14-13-9/h1-5H,(H,16,17)(H2,11,12,13,14). The summed E-state index contributed by atoms with van der Waals surface area (Å²) < 4.78 is 0. The third-order valence-electron chi connectivity index (χ3n) is 2.06. The van der Waals surface area contributed by atoms with E-state index in [0.29, 0.717) is 11.3 Å². The van der Waals surface area contributed by atoms with Crippen molar-refractivity contribution in [1.82, 2.24) is 15.4 Å². The molecule has 3 N–H and O–H groups in total. The highest BCUT2D eigenvalue weighted by molar-refractivity contribution is 5.91. The maximum absolute atomic E-state index is 10.8. The number of aromatic carboxylic acids is 1. The molecule has 0 saturated heterocycles. The molecule has 0 aliphatic heterocycles. The molecule has 0 fully saturated rings. The van der Waals surface area contributed by atoms with Crippen LogP contribution in [0.25, 0.3) is 0 Å². The van der Waals surface area contributed by atoms with E-state index in [4.69, 9.17) is 5.11 Å². The van der Waals surface area contributed by atoms with E-state index in [1.54, 1.807) is 24.3 Å². The quantitative estimate of drug-likeness (QED) is 0.680. The summed E-state index contributed by atoms with van der Waals surface area (Å²) in [5.41, 5.74) is 0.964. The zero-order chi connectivity index (χ0) is 12.3. The minimum Gasteiger partial charge on any atom is -0.476 e. The molecule has 0 spiro atoms. The molecule has 2 rings (SSSR count). The molecule has 1 aromatic heterocycles. The van der Waals surface area contributed by atoms with Gasteiger partial charge in [0.2, 0.25) is 5.69 Å². The van der Waals surface area contributed by atoms with Crippen molar-refractivity contribution in [2.75, 3.05) is 5.32 Å². The van der Waals surface area contributed by atoms with Gasteiger partial charge >= 0.3 is 5.97 Å². The zero-order valence-electron chi connectivity index (χ0n) is 8.54. The van der Waals surface area contributed by atoms with E-state index in [1.165, 1.54) is 0 Å². The molecule has 7 heteroatoms. The van der Waals surface area contributed by atoms with Crippen molar-refractivity contribution in [2.24, 2.45) is 0 Å². The molecular weight excluding hydrogens is 224 g/mol. The molecule has 2 aromatic rings. The predicted molar refractivity (Wildman–Crippen MR) is 58.5 cm³/mol. The van der Waals surface area contributed by atoms with E-state index in [-0.39, 0.29) is 11.5 Å². The number of rotatable bonds is 4. The second kappa shape index (κ2) is 4.44. The molecule has 17 heavy (non-hydrogen) atoms. The molecule has 1 aromatic carbocycles. The van der Waals surface area contributed by atoms with Crippen molar-refractivity contribution in [2.45, 2.75) is 0 Å². The molecule has 0 radical (unpaired) electrons. The van der Waals surface area contributed by atoms with Gasteiger partial charge in [0.05, 0.1) is 0 Å². The lowest BCUT2D eigenvalue weighted by Crippen LogP contribution is -2.02. The van der Waals surface area contributed by atoms with Crippen molar-refractivity contribution < 1.29 is 14.7 Å². The number of aldehydes is 1. The third-order valence-corrected chi connectivity index (χ3v) is 2.06. The van der Waals surface area contributed by atoms with Crippen LogP contribution in [0.3, 0.4) is 0 Å². The molecular formula is C10H8N4O3. The van der Waals surface area contributed by atoms with Crippen molar-refractivity contribution in [3.8, 4) is 0 Å². The van der Waals surface area contributed by atoms with Crippen LogP contribution in [0.15, 0.2) is 24.3 Å². The van der Waals surface area contributed by atoms with Crippen LogP contribution < -0.4 is 5.32 Å². The van der Waals surface area contributed by atoms with Gasteiger partial charge in [0, 0.05) is 11.3 Å². The van der Waals surface area contributed by atoms with Crippen LogP contribution >= 0.6 is 0 Å². The fourth-order valence-electron chi connectivity index (χ4n) is 1.25. The number of hydrogen-bond acceptors (Lipinski definition) is 5. The molecule has 0 saturated carbocycles. The topological polar surface area (TPSA) is 108 Å². The molecule has 86 valence electrons. The van der Waals surface area contributed by atoms with Crippen molar-refractivity contribution >= 4 is 23.8 Å². The summed E-state index contributed by atoms with van der Waals surface area (Å²) in [5, 5.41) is 21.0. The Labute approximate surface area is 95.5 Å². The van der Waals surface area contributed by atoms with Gasteiger partial charge in [-0.25, -0.2) is 4.79 Å². The molecule has 0 aliphatic carbocycles. The lowest BCUT2D eigenvalue weighted by atomic mass is 10.2. The highest BCUT2D eigenvalue weighted by atomic mass is 16.4. The van der Waals surface area contributed by atoms with Crippen molar-refractivity contribution in [1.29, 1.82) is 0 Å². The summed E-state index contributed by atoms with van der Waals surface area (Å²) in [4.78, 5) is 21.2. The maximum atomic E-state index is 10.8. The van der Waals surface area contributed by atoms with Gasteiger partial charge in [-0.15, -0.1) is 10.2 Å². The number of hydrogen-bond donors (Lipinski definition) is 3. The second-order valence-corrected chi connectivity index (χ2v) is 3.19. The van der Waals surface area contributed by atoms with Crippen LogP contribution in [0, 0.1) is 0 Å². The van der Waals surface area contributed by atoms with E-state index >= 15 is 0 Å². The van der Waals surface area contributed by atoms with Gasteiger partial charge in [-0.1, -0.05) is 0 Å². The van der Waals surface area contributed by atoms with Gasteiger partial charge in [-0.3, -0.25) is 4.79 Å². The fourth-order valence-corrected chi connectivity index (χ4v) is 1.25. The van der Waals surface area contributed by atoms with Gasteiger partial charge in [0.15, 0.2) is 5.82 Å². The largest absolute Gasteiger partial charge is 0.476 e. The lowest BCUT2D eigenvalue weighted by molar-refractivity contribution is 0.0691. The summed E-state index contributed by atoms with van der Waals surface area (Å²) >= 11 is 0. The molecule has 1 heterocycles. The van der Waals surface area contributed by atoms with Gasteiger partial charge in [0.1, 0.15) is 6.29 Å². The number of aromatic amines is 1. The average Bonchev–Trinajstić information content (AvgIpc) is 2.78. The number of anilines is 2. The number of aromatic nitrogens is 3. The Morgan fingerprint density at radius 1 is 1.29 bits per heavy atom. The zero-order valence-corrected chi connectivity index (χ0v) is 8.54. The van der Waals surface area contributed by atoms with Crippen molar-refractivity contribution in [3.63, 3.8) is 0 Å². The minimum absolute atomic E-state index is 0.122. The molecule has 0 bridgehead atoms. The second-order valence-electron chi connectivity index (χ2n) is 3.19. The number of carbonyl (C=O) groups excluding carboxylic acids is 1. The summed E-state index contributed by atoms with van der Waals surface area (Å²) in [5.74, 6) is -1.05. The summed E-state index contributed by atoms with van der Waals surface area (Å²) in [7, 11) is 0. The fraction of sp³-hybridized carbons (Fsp3) is 0. The Morgan fingerprint density at radius 2 is 2.00 bits per heavy atom. The van der Waals surface area contributed by atoms with Gasteiger partial charge in [0.25, 0.3) is 0 Å². The number of nitrogens with one attached hydrogen (secondary N) is 2. The summed E-state index contributed by atoms with van der Waals surface area (Å²) in [6.07, 6.45) is 0.725. The molecule has 7 nitrogen and oxygen atoms in total. The van der Waals surface area contributed by atoms with Crippen LogP contribution in [0.1, 0.15) is 20.8 Å². The van der Waals surface area contributed by atoms with E-state index < -0.39 is 5.97 Å². The molecule has 0 unspecified atom stereocenters. The monoisotopic (exact) mass is 232 g/mol. The van der Waals surface area contributed by atoms with Crippen LogP contribution in [0.4, 0.5) is 11.5 Å². The Morgan fingerprint density at radius 3 is 2.59 bits per heavy atom. The Bertz CT molecular complexity index is 547. The first-order chi connectivity index (χ1) is 8.20. The number of carboxylic acids is 1. The number of benzene rings is 1. The summed E-state index contributed by atoms with van der Waals surface area (Å²) in [6, 6.07) is 6.50. The number of carboxylic acid groups (broad SMARTS) is 1. The first kappa shape index (κ1) is 10.8. The van der Waals surface area contributed by atoms with Crippen molar-refractivity contribution in [3.05, 3.63) is 35.5 Å². The minimum atomic E-state index is -1.18. The Hall–Kier alpha value is -2.70. The Kier molecular flexibility index (Phi) is 2.82. The van der Waals surface area contributed by atoms with Gasteiger partial charge in [-0.2, -0.15) is 5.21 Å². The molecule has 0 aliphatic rings. The third kappa shape index (κ3) is 2.28. The summed E-state index contributed by atoms with van der Waals surface area (Å²) in [6.45, 7) is 0. The van der Waals surface area contributed by atoms with E-state index in [1.807, 2.05) is 0 Å². The van der Waals surface area contributed by atoms with E-state index in [2.05, 4.69) is 20.7 Å². The first-order valence-corrected chi connectivity index (χ1v) is 4.67. The average molecular weight is 232 g/mol. The Balaban J connectivity index is 2.22. The highest BCUT2D eigenvalue weighted by Crippen LogP contribution is 2.16. The SMILES string of the molecule is O=Cc1ccc(Nc2n[nH]nc2C(=O)O)cc1. The van der Waals surface area contributed by atoms with Crippen LogP contribution in [-0.2, 0) is 0 Å². The normalized spacial score (nSPS) is 9.88.